The molecule has 4 rings (SSSR count). The van der Waals surface area contributed by atoms with E-state index in [1.807, 2.05) is 84.9 Å². The number of carbonyl (C=O) groups excluding carboxylic acids is 1. The standard InChI is InChI=1S/C26H17ClO2/c27-22-16-14-21(15-17-22)26(24-12-6-10-20-9-4-5-11-23(20)24)29-25(28)18-13-19-7-2-1-3-8-19/h1-12,14-17,26H/t26-/m1/s1. The Bertz CT molecular complexity index is 1200. The highest BCUT2D eigenvalue weighted by atomic mass is 35.5. The number of ether oxygens (including phenoxy) is 1. The van der Waals surface area contributed by atoms with Gasteiger partial charge in [0.1, 0.15) is 0 Å². The Morgan fingerprint density at radius 1 is 0.793 bits per heavy atom. The second kappa shape index (κ2) is 8.65. The van der Waals surface area contributed by atoms with Crippen molar-refractivity contribution >= 4 is 28.3 Å². The Morgan fingerprint density at radius 2 is 1.48 bits per heavy atom. The topological polar surface area (TPSA) is 26.3 Å². The maximum absolute atomic E-state index is 12.6. The predicted molar refractivity (Wildman–Crippen MR) is 117 cm³/mol. The number of hydrogen-bond acceptors (Lipinski definition) is 2. The van der Waals surface area contributed by atoms with Crippen molar-refractivity contribution in [3.05, 3.63) is 119 Å². The zero-order chi connectivity index (χ0) is 20.1. The van der Waals surface area contributed by atoms with Gasteiger partial charge in [-0.3, -0.25) is 0 Å². The SMILES string of the molecule is O=C(C#Cc1ccccc1)O[C@H](c1ccc(Cl)cc1)c1cccc2ccccc12. The van der Waals surface area contributed by atoms with Crippen LogP contribution in [0.3, 0.4) is 0 Å². The van der Waals surface area contributed by atoms with Crippen molar-refractivity contribution in [2.24, 2.45) is 0 Å². The van der Waals surface area contributed by atoms with Gasteiger partial charge < -0.3 is 4.74 Å². The summed E-state index contributed by atoms with van der Waals surface area (Å²) in [5.41, 5.74) is 2.50. The van der Waals surface area contributed by atoms with Crippen LogP contribution in [0.1, 0.15) is 22.8 Å². The monoisotopic (exact) mass is 396 g/mol. The molecule has 0 aliphatic carbocycles. The molecule has 29 heavy (non-hydrogen) atoms. The number of carbonyl (C=O) groups is 1. The van der Waals surface area contributed by atoms with Crippen molar-refractivity contribution in [2.75, 3.05) is 0 Å². The number of fused-ring (bicyclic) bond motifs is 1. The molecule has 0 N–H and O–H groups in total. The first-order valence-corrected chi connectivity index (χ1v) is 9.59. The summed E-state index contributed by atoms with van der Waals surface area (Å²) in [5.74, 6) is 4.86. The van der Waals surface area contributed by atoms with E-state index in [2.05, 4.69) is 11.8 Å². The Labute approximate surface area is 174 Å². The second-order valence-electron chi connectivity index (χ2n) is 6.52. The summed E-state index contributed by atoms with van der Waals surface area (Å²) in [6.45, 7) is 0. The van der Waals surface area contributed by atoms with E-state index in [0.29, 0.717) is 5.02 Å². The van der Waals surface area contributed by atoms with Gasteiger partial charge in [0.05, 0.1) is 0 Å². The average Bonchev–Trinajstić information content (AvgIpc) is 2.77. The zero-order valence-corrected chi connectivity index (χ0v) is 16.3. The van der Waals surface area contributed by atoms with Crippen LogP contribution in [0.4, 0.5) is 0 Å². The van der Waals surface area contributed by atoms with E-state index in [-0.39, 0.29) is 0 Å². The summed E-state index contributed by atoms with van der Waals surface area (Å²) >= 11 is 6.05. The van der Waals surface area contributed by atoms with Gasteiger partial charge in [0.2, 0.25) is 0 Å². The van der Waals surface area contributed by atoms with Gasteiger partial charge >= 0.3 is 5.97 Å². The van der Waals surface area contributed by atoms with Crippen LogP contribution in [0.2, 0.25) is 5.02 Å². The maximum atomic E-state index is 12.6. The highest BCUT2D eigenvalue weighted by Gasteiger charge is 2.20. The van der Waals surface area contributed by atoms with Crippen molar-refractivity contribution in [3.8, 4) is 11.8 Å². The summed E-state index contributed by atoms with van der Waals surface area (Å²) in [7, 11) is 0. The van der Waals surface area contributed by atoms with Crippen molar-refractivity contribution in [2.45, 2.75) is 6.10 Å². The van der Waals surface area contributed by atoms with Crippen LogP contribution in [0.15, 0.2) is 97.1 Å². The van der Waals surface area contributed by atoms with Gasteiger partial charge in [-0.15, -0.1) is 0 Å². The van der Waals surface area contributed by atoms with Crippen molar-refractivity contribution < 1.29 is 9.53 Å². The van der Waals surface area contributed by atoms with E-state index in [0.717, 1.165) is 27.5 Å². The third-order valence-electron chi connectivity index (χ3n) is 4.59. The van der Waals surface area contributed by atoms with E-state index in [1.165, 1.54) is 0 Å². The summed E-state index contributed by atoms with van der Waals surface area (Å²) < 4.78 is 5.84. The Morgan fingerprint density at radius 3 is 2.28 bits per heavy atom. The van der Waals surface area contributed by atoms with Crippen LogP contribution >= 0.6 is 11.6 Å². The first-order valence-electron chi connectivity index (χ1n) is 9.21. The molecule has 0 aliphatic rings. The molecule has 0 heterocycles. The summed E-state index contributed by atoms with van der Waals surface area (Å²) in [6.07, 6.45) is -0.587. The Kier molecular flexibility index (Phi) is 5.61. The number of halogens is 1. The van der Waals surface area contributed by atoms with Gasteiger partial charge in [0, 0.05) is 22.1 Å². The molecule has 0 aliphatic heterocycles. The molecule has 0 saturated carbocycles. The smallest absolute Gasteiger partial charge is 0.385 e. The van der Waals surface area contributed by atoms with Gasteiger partial charge in [-0.2, -0.15) is 0 Å². The largest absolute Gasteiger partial charge is 0.443 e. The molecule has 0 aromatic heterocycles. The molecule has 0 radical (unpaired) electrons. The lowest BCUT2D eigenvalue weighted by Crippen LogP contribution is -2.12. The van der Waals surface area contributed by atoms with Crippen LogP contribution in [0.25, 0.3) is 10.8 Å². The predicted octanol–water partition coefficient (Wildman–Crippen LogP) is 6.18. The summed E-state index contributed by atoms with van der Waals surface area (Å²) in [6, 6.07) is 30.7. The van der Waals surface area contributed by atoms with E-state index in [9.17, 15) is 4.79 Å². The lowest BCUT2D eigenvalue weighted by Gasteiger charge is -2.19. The molecule has 0 unspecified atom stereocenters. The molecule has 0 fully saturated rings. The minimum absolute atomic E-state index is 0.582. The third kappa shape index (κ3) is 4.48. The molecule has 2 nitrogen and oxygen atoms in total. The van der Waals surface area contributed by atoms with E-state index < -0.39 is 12.1 Å². The second-order valence-corrected chi connectivity index (χ2v) is 6.96. The normalized spacial score (nSPS) is 11.3. The van der Waals surface area contributed by atoms with Crippen LogP contribution in [-0.4, -0.2) is 5.97 Å². The zero-order valence-electron chi connectivity index (χ0n) is 15.5. The highest BCUT2D eigenvalue weighted by molar-refractivity contribution is 6.30. The Hall–Kier alpha value is -3.54. The van der Waals surface area contributed by atoms with Crippen molar-refractivity contribution in [3.63, 3.8) is 0 Å². The quantitative estimate of drug-likeness (QED) is 0.305. The summed E-state index contributed by atoms with van der Waals surface area (Å²) in [5, 5.41) is 2.73. The average molecular weight is 397 g/mol. The minimum Gasteiger partial charge on any atom is -0.443 e. The van der Waals surface area contributed by atoms with E-state index >= 15 is 0 Å². The first kappa shape index (κ1) is 18.8. The van der Waals surface area contributed by atoms with Crippen LogP contribution in [0.5, 0.6) is 0 Å². The number of rotatable bonds is 3. The first-order chi connectivity index (χ1) is 14.2. The molecule has 0 saturated heterocycles. The summed E-state index contributed by atoms with van der Waals surface area (Å²) in [4.78, 5) is 12.6. The Balaban J connectivity index is 1.72. The third-order valence-corrected chi connectivity index (χ3v) is 4.84. The molecular formula is C26H17ClO2. The van der Waals surface area contributed by atoms with Gasteiger partial charge in [-0.25, -0.2) is 4.79 Å². The van der Waals surface area contributed by atoms with Gasteiger partial charge in [0.25, 0.3) is 0 Å². The van der Waals surface area contributed by atoms with Crippen LogP contribution in [0, 0.1) is 11.8 Å². The van der Waals surface area contributed by atoms with Crippen molar-refractivity contribution in [1.82, 2.24) is 0 Å². The molecule has 0 spiro atoms. The van der Waals surface area contributed by atoms with Gasteiger partial charge in [-0.05, 0) is 40.6 Å². The van der Waals surface area contributed by atoms with Crippen molar-refractivity contribution in [1.29, 1.82) is 0 Å². The fourth-order valence-electron chi connectivity index (χ4n) is 3.21. The minimum atomic E-state index is -0.587. The molecular weight excluding hydrogens is 380 g/mol. The number of benzene rings is 4. The van der Waals surface area contributed by atoms with E-state index in [4.69, 9.17) is 16.3 Å². The molecule has 0 bridgehead atoms. The molecule has 0 amide bonds. The maximum Gasteiger partial charge on any atom is 0.385 e. The molecule has 140 valence electrons. The number of esters is 1. The lowest BCUT2D eigenvalue weighted by molar-refractivity contribution is -0.140. The highest BCUT2D eigenvalue weighted by Crippen LogP contribution is 2.32. The van der Waals surface area contributed by atoms with Gasteiger partial charge in [0.15, 0.2) is 6.10 Å². The molecule has 1 atom stereocenters. The fourth-order valence-corrected chi connectivity index (χ4v) is 3.33. The molecule has 4 aromatic carbocycles. The lowest BCUT2D eigenvalue weighted by atomic mass is 9.96. The van der Waals surface area contributed by atoms with Gasteiger partial charge in [-0.1, -0.05) is 90.3 Å². The molecule has 4 aromatic rings. The number of hydrogen-bond donors (Lipinski definition) is 0. The van der Waals surface area contributed by atoms with Crippen LogP contribution in [-0.2, 0) is 9.53 Å². The fraction of sp³-hybridized carbons (Fsp3) is 0.0385. The van der Waals surface area contributed by atoms with Crippen LogP contribution < -0.4 is 0 Å². The molecule has 3 heteroatoms. The van der Waals surface area contributed by atoms with E-state index in [1.54, 1.807) is 12.1 Å².